The molecule has 0 saturated heterocycles. The summed E-state index contributed by atoms with van der Waals surface area (Å²) in [6.07, 6.45) is 1.01. The molecular weight excluding hydrogens is 200 g/mol. The normalized spacial score (nSPS) is 11.2. The van der Waals surface area contributed by atoms with Gasteiger partial charge in [-0.2, -0.15) is 0 Å². The maximum atomic E-state index is 11.3. The van der Waals surface area contributed by atoms with E-state index in [1.54, 1.807) is 6.07 Å². The van der Waals surface area contributed by atoms with Gasteiger partial charge in [-0.05, 0) is 45.4 Å². The summed E-state index contributed by atoms with van der Waals surface area (Å²) >= 11 is 0. The lowest BCUT2D eigenvalue weighted by molar-refractivity contribution is 0.101. The van der Waals surface area contributed by atoms with Crippen LogP contribution >= 0.6 is 0 Å². The molecule has 0 aromatic heterocycles. The van der Waals surface area contributed by atoms with E-state index in [4.69, 9.17) is 5.73 Å². The minimum absolute atomic E-state index is 0.00421. The van der Waals surface area contributed by atoms with E-state index < -0.39 is 0 Å². The third-order valence-electron chi connectivity index (χ3n) is 2.80. The van der Waals surface area contributed by atoms with Crippen LogP contribution in [0.25, 0.3) is 0 Å². The predicted octanol–water partition coefficient (Wildman–Crippen LogP) is 3.07. The van der Waals surface area contributed by atoms with E-state index in [-0.39, 0.29) is 11.3 Å². The molecular formula is C13H20N2O. The molecule has 0 aliphatic rings. The van der Waals surface area contributed by atoms with E-state index in [1.807, 2.05) is 12.1 Å². The predicted molar refractivity (Wildman–Crippen MR) is 68.9 cm³/mol. The fourth-order valence-electron chi connectivity index (χ4n) is 1.42. The number of benzene rings is 1. The van der Waals surface area contributed by atoms with Gasteiger partial charge in [0.2, 0.25) is 0 Å². The molecule has 3 nitrogen and oxygen atoms in total. The Kier molecular flexibility index (Phi) is 3.58. The van der Waals surface area contributed by atoms with Crippen molar-refractivity contribution >= 4 is 17.2 Å². The first-order valence-electron chi connectivity index (χ1n) is 5.54. The number of rotatable bonds is 4. The van der Waals surface area contributed by atoms with Crippen LogP contribution < -0.4 is 11.1 Å². The lowest BCUT2D eigenvalue weighted by Gasteiger charge is -2.26. The van der Waals surface area contributed by atoms with Gasteiger partial charge in [0, 0.05) is 22.5 Å². The number of Topliss-reactive ketones (excluding diaryl/α,β-unsaturated/α-hetero) is 1. The first-order chi connectivity index (χ1) is 7.35. The fourth-order valence-corrected chi connectivity index (χ4v) is 1.42. The Balaban J connectivity index is 3.00. The summed E-state index contributed by atoms with van der Waals surface area (Å²) in [7, 11) is 0. The highest BCUT2D eigenvalue weighted by molar-refractivity contribution is 6.00. The minimum Gasteiger partial charge on any atom is -0.398 e. The zero-order valence-electron chi connectivity index (χ0n) is 10.4. The fraction of sp³-hybridized carbons (Fsp3) is 0.462. The molecule has 0 heterocycles. The third-order valence-corrected chi connectivity index (χ3v) is 2.80. The Morgan fingerprint density at radius 3 is 2.56 bits per heavy atom. The lowest BCUT2D eigenvalue weighted by Crippen LogP contribution is -2.29. The summed E-state index contributed by atoms with van der Waals surface area (Å²) in [6.45, 7) is 7.89. The lowest BCUT2D eigenvalue weighted by atomic mass is 10.0. The van der Waals surface area contributed by atoms with Gasteiger partial charge >= 0.3 is 0 Å². The molecule has 0 aliphatic heterocycles. The van der Waals surface area contributed by atoms with Crippen molar-refractivity contribution in [2.75, 3.05) is 11.1 Å². The second-order valence-corrected chi connectivity index (χ2v) is 4.72. The van der Waals surface area contributed by atoms with Crippen LogP contribution in [0.3, 0.4) is 0 Å². The van der Waals surface area contributed by atoms with E-state index >= 15 is 0 Å². The summed E-state index contributed by atoms with van der Waals surface area (Å²) in [4.78, 5) is 11.3. The number of nitrogens with two attached hydrogens (primary N) is 1. The first kappa shape index (κ1) is 12.6. The van der Waals surface area contributed by atoms with Crippen LogP contribution in [0, 0.1) is 0 Å². The molecule has 0 atom stereocenters. The molecule has 1 aromatic rings. The van der Waals surface area contributed by atoms with Gasteiger partial charge in [0.05, 0.1) is 0 Å². The van der Waals surface area contributed by atoms with E-state index in [0.717, 1.165) is 12.1 Å². The molecule has 0 aliphatic carbocycles. The Hall–Kier alpha value is -1.51. The van der Waals surface area contributed by atoms with Gasteiger partial charge < -0.3 is 11.1 Å². The van der Waals surface area contributed by atoms with Crippen LogP contribution in [0.15, 0.2) is 18.2 Å². The van der Waals surface area contributed by atoms with Crippen molar-refractivity contribution < 1.29 is 4.79 Å². The Morgan fingerprint density at radius 2 is 2.06 bits per heavy atom. The molecule has 1 aromatic carbocycles. The zero-order valence-corrected chi connectivity index (χ0v) is 10.4. The van der Waals surface area contributed by atoms with Crippen molar-refractivity contribution in [2.45, 2.75) is 39.7 Å². The molecule has 0 amide bonds. The van der Waals surface area contributed by atoms with Gasteiger partial charge in [-0.1, -0.05) is 6.92 Å². The van der Waals surface area contributed by atoms with Crippen LogP contribution in [-0.4, -0.2) is 11.3 Å². The van der Waals surface area contributed by atoms with E-state index in [9.17, 15) is 4.79 Å². The van der Waals surface area contributed by atoms with Crippen LogP contribution in [-0.2, 0) is 0 Å². The summed E-state index contributed by atoms with van der Waals surface area (Å²) in [5, 5.41) is 3.38. The van der Waals surface area contributed by atoms with Gasteiger partial charge in [-0.15, -0.1) is 0 Å². The SMILES string of the molecule is CCC(C)(C)Nc1ccc(N)c(C(C)=O)c1. The Bertz CT molecular complexity index is 397. The second kappa shape index (κ2) is 4.56. The Labute approximate surface area is 97.0 Å². The average Bonchev–Trinajstić information content (AvgIpc) is 2.20. The monoisotopic (exact) mass is 220 g/mol. The maximum absolute atomic E-state index is 11.3. The van der Waals surface area contributed by atoms with Crippen LogP contribution in [0.5, 0.6) is 0 Å². The largest absolute Gasteiger partial charge is 0.398 e. The molecule has 3 heteroatoms. The van der Waals surface area contributed by atoms with Crippen molar-refractivity contribution in [3.63, 3.8) is 0 Å². The van der Waals surface area contributed by atoms with Crippen molar-refractivity contribution in [3.8, 4) is 0 Å². The molecule has 0 bridgehead atoms. The number of carbonyl (C=O) groups is 1. The quantitative estimate of drug-likeness (QED) is 0.605. The number of nitrogen functional groups attached to an aromatic ring is 1. The van der Waals surface area contributed by atoms with Gasteiger partial charge in [0.25, 0.3) is 0 Å². The van der Waals surface area contributed by atoms with E-state index in [1.165, 1.54) is 6.92 Å². The molecule has 0 fully saturated rings. The van der Waals surface area contributed by atoms with Crippen molar-refractivity contribution in [2.24, 2.45) is 0 Å². The van der Waals surface area contributed by atoms with E-state index in [2.05, 4.69) is 26.1 Å². The summed E-state index contributed by atoms with van der Waals surface area (Å²) in [6, 6.07) is 5.49. The van der Waals surface area contributed by atoms with Gasteiger partial charge in [-0.25, -0.2) is 0 Å². The molecule has 0 saturated carbocycles. The molecule has 16 heavy (non-hydrogen) atoms. The molecule has 1 rings (SSSR count). The first-order valence-corrected chi connectivity index (χ1v) is 5.54. The van der Waals surface area contributed by atoms with E-state index in [0.29, 0.717) is 11.3 Å². The average molecular weight is 220 g/mol. The standard InChI is InChI=1S/C13H20N2O/c1-5-13(3,4)15-10-6-7-12(14)11(8-10)9(2)16/h6-8,15H,5,14H2,1-4H3. The molecule has 0 radical (unpaired) electrons. The van der Waals surface area contributed by atoms with Crippen LogP contribution in [0.2, 0.25) is 0 Å². The minimum atomic E-state index is -0.00421. The highest BCUT2D eigenvalue weighted by Gasteiger charge is 2.15. The topological polar surface area (TPSA) is 55.1 Å². The Morgan fingerprint density at radius 1 is 1.44 bits per heavy atom. The summed E-state index contributed by atoms with van der Waals surface area (Å²) < 4.78 is 0. The summed E-state index contributed by atoms with van der Waals surface area (Å²) in [5.74, 6) is -0.00421. The molecule has 0 spiro atoms. The molecule has 88 valence electrons. The summed E-state index contributed by atoms with van der Waals surface area (Å²) in [5.41, 5.74) is 7.81. The second-order valence-electron chi connectivity index (χ2n) is 4.72. The number of carbonyl (C=O) groups excluding carboxylic acids is 1. The van der Waals surface area contributed by atoms with Crippen molar-refractivity contribution in [1.29, 1.82) is 0 Å². The third kappa shape index (κ3) is 2.99. The zero-order chi connectivity index (χ0) is 12.3. The maximum Gasteiger partial charge on any atom is 0.161 e. The smallest absolute Gasteiger partial charge is 0.161 e. The van der Waals surface area contributed by atoms with Gasteiger partial charge in [0.1, 0.15) is 0 Å². The van der Waals surface area contributed by atoms with Crippen LogP contribution in [0.1, 0.15) is 44.5 Å². The number of anilines is 2. The number of hydrogen-bond acceptors (Lipinski definition) is 3. The van der Waals surface area contributed by atoms with Crippen molar-refractivity contribution in [3.05, 3.63) is 23.8 Å². The number of hydrogen-bond donors (Lipinski definition) is 2. The number of ketones is 1. The van der Waals surface area contributed by atoms with Gasteiger partial charge in [0.15, 0.2) is 5.78 Å². The highest BCUT2D eigenvalue weighted by atomic mass is 16.1. The number of nitrogens with one attached hydrogen (secondary N) is 1. The van der Waals surface area contributed by atoms with Gasteiger partial charge in [-0.3, -0.25) is 4.79 Å². The van der Waals surface area contributed by atoms with Crippen molar-refractivity contribution in [1.82, 2.24) is 0 Å². The van der Waals surface area contributed by atoms with Crippen LogP contribution in [0.4, 0.5) is 11.4 Å². The molecule has 3 N–H and O–H groups in total. The highest BCUT2D eigenvalue weighted by Crippen LogP contribution is 2.22. The molecule has 0 unspecified atom stereocenters.